The molecule has 0 radical (unpaired) electrons. The third-order valence-electron chi connectivity index (χ3n) is 9.94. The lowest BCUT2D eigenvalue weighted by Crippen LogP contribution is -2.28. The number of hydrogen-bond donors (Lipinski definition) is 1. The molecule has 2 unspecified atom stereocenters. The van der Waals surface area contributed by atoms with E-state index in [0.29, 0.717) is 11.8 Å². The SMILES string of the molecule is N=C(/N=C(\N=C\c1cc2ccccc2cc1-c1ccc(N2c3ccc4ccccc4c3C3C=CC=CC32)cc1)c1ccccc1)c1ccccc1. The fourth-order valence-electron chi connectivity index (χ4n) is 7.49. The van der Waals surface area contributed by atoms with E-state index < -0.39 is 0 Å². The van der Waals surface area contributed by atoms with E-state index in [2.05, 4.69) is 126 Å². The Morgan fingerprint density at radius 3 is 2.02 bits per heavy atom. The van der Waals surface area contributed by atoms with E-state index in [4.69, 9.17) is 15.4 Å². The van der Waals surface area contributed by atoms with Crippen LogP contribution < -0.4 is 4.90 Å². The highest BCUT2D eigenvalue weighted by Gasteiger charge is 2.38. The lowest BCUT2D eigenvalue weighted by atomic mass is 9.88. The second kappa shape index (κ2) is 13.0. The van der Waals surface area contributed by atoms with Gasteiger partial charge in [0.15, 0.2) is 11.7 Å². The van der Waals surface area contributed by atoms with Gasteiger partial charge in [-0.25, -0.2) is 9.98 Å². The Balaban J connectivity index is 1.12. The topological polar surface area (TPSA) is 51.8 Å². The van der Waals surface area contributed by atoms with E-state index in [1.165, 1.54) is 27.4 Å². The molecule has 1 aliphatic carbocycles. The van der Waals surface area contributed by atoms with Gasteiger partial charge in [-0.3, -0.25) is 5.41 Å². The average molecular weight is 655 g/mol. The van der Waals surface area contributed by atoms with Gasteiger partial charge in [-0.15, -0.1) is 0 Å². The molecule has 0 amide bonds. The highest BCUT2D eigenvalue weighted by atomic mass is 15.2. The normalized spacial score (nSPS) is 16.5. The molecule has 242 valence electrons. The standard InChI is InChI=1S/C47H34N4/c48-46(34-14-3-1-4-15-34)50-47(35-16-5-2-6-17-35)49-31-38-29-36-18-7-8-19-37(36)30-42(38)33-23-26-39(27-24-33)51-43-22-12-11-21-41(43)45-40-20-10-9-13-32(40)25-28-44(45)51/h1-31,41,43,48H/b48-46?,49-31+,50-47-. The van der Waals surface area contributed by atoms with Crippen LogP contribution in [0, 0.1) is 5.41 Å². The van der Waals surface area contributed by atoms with Gasteiger partial charge in [0, 0.05) is 40.2 Å². The summed E-state index contributed by atoms with van der Waals surface area (Å²) in [5, 5.41) is 13.6. The summed E-state index contributed by atoms with van der Waals surface area (Å²) in [6.45, 7) is 0. The zero-order valence-electron chi connectivity index (χ0n) is 27.9. The van der Waals surface area contributed by atoms with Gasteiger partial charge in [-0.2, -0.15) is 0 Å². The van der Waals surface area contributed by atoms with Crippen molar-refractivity contribution in [2.75, 3.05) is 4.90 Å². The third kappa shape index (κ3) is 5.67. The quantitative estimate of drug-likeness (QED) is 0.146. The minimum absolute atomic E-state index is 0.169. The van der Waals surface area contributed by atoms with Crippen molar-refractivity contribution < 1.29 is 0 Å². The second-order valence-corrected chi connectivity index (χ2v) is 13.0. The molecule has 7 aromatic carbocycles. The first-order chi connectivity index (χ1) is 25.2. The number of hydrogen-bond acceptors (Lipinski definition) is 2. The molecule has 4 nitrogen and oxygen atoms in total. The van der Waals surface area contributed by atoms with Gasteiger partial charge in [0.05, 0.1) is 6.04 Å². The molecule has 1 aliphatic heterocycles. The first-order valence-electron chi connectivity index (χ1n) is 17.3. The van der Waals surface area contributed by atoms with Crippen LogP contribution in [0.5, 0.6) is 0 Å². The van der Waals surface area contributed by atoms with Crippen molar-refractivity contribution in [3.05, 3.63) is 204 Å². The molecule has 0 saturated heterocycles. The summed E-state index contributed by atoms with van der Waals surface area (Å²) in [5.41, 5.74) is 8.59. The predicted molar refractivity (Wildman–Crippen MR) is 214 cm³/mol. The summed E-state index contributed by atoms with van der Waals surface area (Å²) in [7, 11) is 0. The van der Waals surface area contributed by atoms with E-state index in [0.717, 1.165) is 38.9 Å². The predicted octanol–water partition coefficient (Wildman–Crippen LogP) is 11.3. The van der Waals surface area contributed by atoms with Crippen LogP contribution in [-0.4, -0.2) is 23.9 Å². The van der Waals surface area contributed by atoms with Crippen molar-refractivity contribution in [2.24, 2.45) is 9.98 Å². The molecule has 0 bridgehead atoms. The van der Waals surface area contributed by atoms with Crippen LogP contribution in [0.4, 0.5) is 11.4 Å². The number of fused-ring (bicyclic) bond motifs is 6. The number of rotatable bonds is 5. The van der Waals surface area contributed by atoms with Crippen molar-refractivity contribution in [1.82, 2.24) is 0 Å². The van der Waals surface area contributed by atoms with Crippen LogP contribution in [0.3, 0.4) is 0 Å². The Labute approximate surface area is 297 Å². The zero-order chi connectivity index (χ0) is 34.1. The van der Waals surface area contributed by atoms with Crippen molar-refractivity contribution in [1.29, 1.82) is 5.41 Å². The number of nitrogens with one attached hydrogen (secondary N) is 1. The van der Waals surface area contributed by atoms with Gasteiger partial charge < -0.3 is 4.90 Å². The molecular formula is C47H34N4. The average Bonchev–Trinajstić information content (AvgIpc) is 3.54. The van der Waals surface area contributed by atoms with Crippen LogP contribution in [-0.2, 0) is 0 Å². The van der Waals surface area contributed by atoms with Crippen LogP contribution in [0.15, 0.2) is 192 Å². The van der Waals surface area contributed by atoms with Crippen LogP contribution in [0.2, 0.25) is 0 Å². The molecule has 51 heavy (non-hydrogen) atoms. The number of amidine groups is 2. The smallest absolute Gasteiger partial charge is 0.161 e. The monoisotopic (exact) mass is 654 g/mol. The van der Waals surface area contributed by atoms with E-state index in [1.807, 2.05) is 66.9 Å². The summed E-state index contributed by atoms with van der Waals surface area (Å²) >= 11 is 0. The van der Waals surface area contributed by atoms with Gasteiger partial charge in [0.25, 0.3) is 0 Å². The van der Waals surface area contributed by atoms with Crippen LogP contribution in [0.1, 0.15) is 28.2 Å². The highest BCUT2D eigenvalue weighted by molar-refractivity contribution is 6.14. The molecule has 1 heterocycles. The van der Waals surface area contributed by atoms with Gasteiger partial charge in [0.1, 0.15) is 0 Å². The molecule has 7 aromatic rings. The van der Waals surface area contributed by atoms with E-state index in [-0.39, 0.29) is 11.9 Å². The maximum Gasteiger partial charge on any atom is 0.161 e. The molecule has 0 fully saturated rings. The number of benzene rings is 7. The zero-order valence-corrected chi connectivity index (χ0v) is 27.9. The van der Waals surface area contributed by atoms with Crippen LogP contribution >= 0.6 is 0 Å². The molecule has 1 N–H and O–H groups in total. The molecule has 2 atom stereocenters. The summed E-state index contributed by atoms with van der Waals surface area (Å²) < 4.78 is 0. The molecule has 0 saturated carbocycles. The number of anilines is 2. The van der Waals surface area contributed by atoms with E-state index in [9.17, 15) is 0 Å². The van der Waals surface area contributed by atoms with Gasteiger partial charge in [-0.05, 0) is 68.6 Å². The van der Waals surface area contributed by atoms with Crippen molar-refractivity contribution in [3.63, 3.8) is 0 Å². The van der Waals surface area contributed by atoms with E-state index >= 15 is 0 Å². The Kier molecular flexibility index (Phi) is 7.75. The maximum atomic E-state index is 8.74. The number of aliphatic imine (C=N–C) groups is 2. The van der Waals surface area contributed by atoms with Crippen molar-refractivity contribution in [2.45, 2.75) is 12.0 Å². The fraction of sp³-hybridized carbons (Fsp3) is 0.0426. The summed E-state index contributed by atoms with van der Waals surface area (Å²) in [6, 6.07) is 54.7. The largest absolute Gasteiger partial charge is 0.333 e. The summed E-state index contributed by atoms with van der Waals surface area (Å²) in [5.74, 6) is 0.953. The van der Waals surface area contributed by atoms with Crippen molar-refractivity contribution >= 4 is 50.8 Å². The van der Waals surface area contributed by atoms with E-state index in [1.54, 1.807) is 0 Å². The summed E-state index contributed by atoms with van der Waals surface area (Å²) in [4.78, 5) is 12.2. The third-order valence-corrected chi connectivity index (χ3v) is 9.94. The van der Waals surface area contributed by atoms with Gasteiger partial charge in [-0.1, -0.05) is 152 Å². The molecule has 0 spiro atoms. The fourth-order valence-corrected chi connectivity index (χ4v) is 7.49. The lowest BCUT2D eigenvalue weighted by Gasteiger charge is -2.28. The number of allylic oxidation sites excluding steroid dienone is 2. The first-order valence-corrected chi connectivity index (χ1v) is 17.3. The minimum Gasteiger partial charge on any atom is -0.333 e. The van der Waals surface area contributed by atoms with Crippen LogP contribution in [0.25, 0.3) is 32.7 Å². The number of nitrogens with zero attached hydrogens (tertiary/aromatic N) is 3. The Morgan fingerprint density at radius 1 is 0.608 bits per heavy atom. The first kappa shape index (κ1) is 30.4. The minimum atomic E-state index is 0.169. The second-order valence-electron chi connectivity index (χ2n) is 13.0. The molecule has 2 aliphatic rings. The molecule has 0 aromatic heterocycles. The lowest BCUT2D eigenvalue weighted by molar-refractivity contribution is 0.747. The Hall–Kier alpha value is -6.65. The Bertz CT molecular complexity index is 2540. The molecule has 9 rings (SSSR count). The Morgan fingerprint density at radius 2 is 1.25 bits per heavy atom. The maximum absolute atomic E-state index is 8.74. The van der Waals surface area contributed by atoms with Gasteiger partial charge in [0.2, 0.25) is 0 Å². The summed E-state index contributed by atoms with van der Waals surface area (Å²) in [6.07, 6.45) is 10.9. The highest BCUT2D eigenvalue weighted by Crippen LogP contribution is 2.50. The molecule has 4 heteroatoms. The van der Waals surface area contributed by atoms with Gasteiger partial charge >= 0.3 is 0 Å². The van der Waals surface area contributed by atoms with Crippen molar-refractivity contribution in [3.8, 4) is 11.1 Å². The molecular weight excluding hydrogens is 621 g/mol.